The van der Waals surface area contributed by atoms with E-state index in [2.05, 4.69) is 6.07 Å². The summed E-state index contributed by atoms with van der Waals surface area (Å²) in [6.07, 6.45) is 1.73. The summed E-state index contributed by atoms with van der Waals surface area (Å²) in [6.45, 7) is 0.153. The molecule has 0 bridgehead atoms. The molecule has 0 unspecified atom stereocenters. The average molecular weight is 321 g/mol. The van der Waals surface area contributed by atoms with Gasteiger partial charge in [0.15, 0.2) is 17.3 Å². The maximum Gasteiger partial charge on any atom is 0.196 e. The summed E-state index contributed by atoms with van der Waals surface area (Å²) in [7, 11) is 3.05. The van der Waals surface area contributed by atoms with Gasteiger partial charge in [0.1, 0.15) is 18.4 Å². The Morgan fingerprint density at radius 3 is 2.67 bits per heavy atom. The third kappa shape index (κ3) is 2.70. The largest absolute Gasteiger partial charge is 0.495 e. The van der Waals surface area contributed by atoms with Gasteiger partial charge in [0.2, 0.25) is 0 Å². The fourth-order valence-electron chi connectivity index (χ4n) is 2.60. The number of nitrogens with zero attached hydrogens (tertiary/aromatic N) is 1. The van der Waals surface area contributed by atoms with Gasteiger partial charge in [-0.05, 0) is 35.9 Å². The zero-order valence-corrected chi connectivity index (χ0v) is 13.3. The minimum atomic E-state index is -0.107. The van der Waals surface area contributed by atoms with Crippen molar-refractivity contribution in [2.45, 2.75) is 0 Å². The van der Waals surface area contributed by atoms with Gasteiger partial charge in [-0.3, -0.25) is 4.79 Å². The Morgan fingerprint density at radius 2 is 1.96 bits per heavy atom. The predicted molar refractivity (Wildman–Crippen MR) is 88.5 cm³/mol. The summed E-state index contributed by atoms with van der Waals surface area (Å²) in [5.74, 6) is 1.40. The van der Waals surface area contributed by atoms with Gasteiger partial charge in [-0.1, -0.05) is 12.1 Å². The fraction of sp³-hybridized carbons (Fsp3) is 0.158. The predicted octanol–water partition coefficient (Wildman–Crippen LogP) is 3.23. The third-order valence-electron chi connectivity index (χ3n) is 3.79. The van der Waals surface area contributed by atoms with Gasteiger partial charge in [-0.25, -0.2) is 0 Å². The van der Waals surface area contributed by atoms with E-state index in [1.165, 1.54) is 14.2 Å². The van der Waals surface area contributed by atoms with E-state index in [0.29, 0.717) is 33.9 Å². The number of nitriles is 1. The summed E-state index contributed by atoms with van der Waals surface area (Å²) in [6, 6.07) is 12.5. The van der Waals surface area contributed by atoms with Gasteiger partial charge in [0.05, 0.1) is 25.3 Å². The van der Waals surface area contributed by atoms with Crippen LogP contribution in [0.1, 0.15) is 21.5 Å². The summed E-state index contributed by atoms with van der Waals surface area (Å²) in [4.78, 5) is 12.7. The number of ether oxygens (including phenoxy) is 3. The number of methoxy groups -OCH3 is 2. The molecule has 120 valence electrons. The highest BCUT2D eigenvalue weighted by Crippen LogP contribution is 2.36. The first kappa shape index (κ1) is 15.6. The maximum atomic E-state index is 12.7. The zero-order chi connectivity index (χ0) is 17.1. The molecule has 0 saturated heterocycles. The molecule has 1 heterocycles. The molecule has 0 radical (unpaired) electrons. The van der Waals surface area contributed by atoms with Crippen molar-refractivity contribution in [2.75, 3.05) is 20.8 Å². The van der Waals surface area contributed by atoms with Crippen molar-refractivity contribution in [1.82, 2.24) is 0 Å². The molecule has 0 N–H and O–H groups in total. The van der Waals surface area contributed by atoms with Gasteiger partial charge < -0.3 is 14.2 Å². The van der Waals surface area contributed by atoms with E-state index < -0.39 is 0 Å². The maximum absolute atomic E-state index is 12.7. The lowest BCUT2D eigenvalue weighted by molar-refractivity contribution is 0.0999. The highest BCUT2D eigenvalue weighted by atomic mass is 16.5. The monoisotopic (exact) mass is 321 g/mol. The van der Waals surface area contributed by atoms with Crippen LogP contribution in [0.25, 0.3) is 6.08 Å². The van der Waals surface area contributed by atoms with Crippen LogP contribution in [0.5, 0.6) is 17.2 Å². The van der Waals surface area contributed by atoms with E-state index in [1.807, 2.05) is 0 Å². The molecule has 3 rings (SSSR count). The van der Waals surface area contributed by atoms with Crippen LogP contribution in [-0.4, -0.2) is 26.6 Å². The van der Waals surface area contributed by atoms with Crippen molar-refractivity contribution in [3.8, 4) is 23.3 Å². The van der Waals surface area contributed by atoms with E-state index in [1.54, 1.807) is 42.5 Å². The molecule has 5 heteroatoms. The smallest absolute Gasteiger partial charge is 0.196 e. The van der Waals surface area contributed by atoms with Crippen LogP contribution < -0.4 is 14.2 Å². The molecule has 0 aromatic heterocycles. The first-order valence-corrected chi connectivity index (χ1v) is 7.31. The molecular formula is C19H15NO4. The Bertz CT molecular complexity index is 877. The van der Waals surface area contributed by atoms with Crippen LogP contribution in [0.2, 0.25) is 0 Å². The number of benzene rings is 2. The molecule has 5 nitrogen and oxygen atoms in total. The Kier molecular flexibility index (Phi) is 4.21. The minimum Gasteiger partial charge on any atom is -0.495 e. The highest BCUT2D eigenvalue weighted by molar-refractivity contribution is 6.14. The van der Waals surface area contributed by atoms with Crippen molar-refractivity contribution in [3.63, 3.8) is 0 Å². The van der Waals surface area contributed by atoms with Gasteiger partial charge >= 0.3 is 0 Å². The number of fused-ring (bicyclic) bond motifs is 1. The summed E-state index contributed by atoms with van der Waals surface area (Å²) >= 11 is 0. The normalized spacial score (nSPS) is 14.5. The number of rotatable bonds is 3. The molecule has 2 aromatic carbocycles. The summed E-state index contributed by atoms with van der Waals surface area (Å²) in [5, 5.41) is 9.16. The van der Waals surface area contributed by atoms with Gasteiger partial charge in [0.25, 0.3) is 0 Å². The number of Topliss-reactive ketones (excluding diaryl/α,β-unsaturated/α-hetero) is 1. The second-order valence-corrected chi connectivity index (χ2v) is 5.20. The van der Waals surface area contributed by atoms with Crippen molar-refractivity contribution >= 4 is 11.9 Å². The molecule has 0 spiro atoms. The van der Waals surface area contributed by atoms with Crippen LogP contribution in [0, 0.1) is 11.3 Å². The first-order valence-electron chi connectivity index (χ1n) is 7.31. The summed E-state index contributed by atoms with van der Waals surface area (Å²) < 4.78 is 16.0. The average Bonchev–Trinajstić information content (AvgIpc) is 2.63. The van der Waals surface area contributed by atoms with Crippen molar-refractivity contribution in [1.29, 1.82) is 5.26 Å². The third-order valence-corrected chi connectivity index (χ3v) is 3.79. The number of carbonyl (C=O) groups excluding carboxylic acids is 1. The van der Waals surface area contributed by atoms with E-state index in [9.17, 15) is 4.79 Å². The Hall–Kier alpha value is -3.26. The Balaban J connectivity index is 1.98. The molecule has 24 heavy (non-hydrogen) atoms. The summed E-state index contributed by atoms with van der Waals surface area (Å²) in [5.41, 5.74) is 2.15. The SMILES string of the molecule is COc1ccc(/C=C2/COc3c(OC)cccc3C2=O)cc1C#N. The Labute approximate surface area is 139 Å². The van der Waals surface area contributed by atoms with Crippen LogP contribution in [-0.2, 0) is 0 Å². The van der Waals surface area contributed by atoms with E-state index in [4.69, 9.17) is 19.5 Å². The first-order chi connectivity index (χ1) is 11.7. The number of hydrogen-bond acceptors (Lipinski definition) is 5. The van der Waals surface area contributed by atoms with Crippen molar-refractivity contribution < 1.29 is 19.0 Å². The molecule has 0 atom stereocenters. The van der Waals surface area contributed by atoms with E-state index in [0.717, 1.165) is 5.56 Å². The van der Waals surface area contributed by atoms with Crippen LogP contribution in [0.4, 0.5) is 0 Å². The molecule has 0 fully saturated rings. The second-order valence-electron chi connectivity index (χ2n) is 5.20. The second kappa shape index (κ2) is 6.47. The molecule has 0 amide bonds. The standard InChI is InChI=1S/C19H15NO4/c1-22-16-7-6-12(8-13(16)10-20)9-14-11-24-19-15(18(14)21)4-3-5-17(19)23-2/h3-9H,11H2,1-2H3/b14-9-. The van der Waals surface area contributed by atoms with Crippen molar-refractivity contribution in [2.24, 2.45) is 0 Å². The van der Waals surface area contributed by atoms with Crippen LogP contribution >= 0.6 is 0 Å². The van der Waals surface area contributed by atoms with Crippen LogP contribution in [0.15, 0.2) is 42.0 Å². The molecule has 1 aliphatic heterocycles. The number of ketones is 1. The number of carbonyl (C=O) groups is 1. The van der Waals surface area contributed by atoms with Crippen molar-refractivity contribution in [3.05, 3.63) is 58.7 Å². The molecule has 0 aliphatic carbocycles. The lowest BCUT2D eigenvalue weighted by Gasteiger charge is -2.20. The Morgan fingerprint density at radius 1 is 1.17 bits per heavy atom. The molecular weight excluding hydrogens is 306 g/mol. The number of para-hydroxylation sites is 1. The lowest BCUT2D eigenvalue weighted by atomic mass is 9.97. The molecule has 2 aromatic rings. The quantitative estimate of drug-likeness (QED) is 0.812. The van der Waals surface area contributed by atoms with Gasteiger partial charge in [0, 0.05) is 5.57 Å². The van der Waals surface area contributed by atoms with Gasteiger partial charge in [-0.2, -0.15) is 5.26 Å². The molecule has 0 saturated carbocycles. The van der Waals surface area contributed by atoms with Crippen LogP contribution in [0.3, 0.4) is 0 Å². The number of hydrogen-bond donors (Lipinski definition) is 0. The highest BCUT2D eigenvalue weighted by Gasteiger charge is 2.26. The topological polar surface area (TPSA) is 68.6 Å². The lowest BCUT2D eigenvalue weighted by Crippen LogP contribution is -2.19. The molecule has 1 aliphatic rings. The fourth-order valence-corrected chi connectivity index (χ4v) is 2.60. The van der Waals surface area contributed by atoms with E-state index in [-0.39, 0.29) is 12.4 Å². The zero-order valence-electron chi connectivity index (χ0n) is 13.3. The minimum absolute atomic E-state index is 0.107. The van der Waals surface area contributed by atoms with E-state index >= 15 is 0 Å². The van der Waals surface area contributed by atoms with Gasteiger partial charge in [-0.15, -0.1) is 0 Å².